The van der Waals surface area contributed by atoms with Gasteiger partial charge in [0.15, 0.2) is 0 Å². The van der Waals surface area contributed by atoms with Crippen molar-refractivity contribution in [3.63, 3.8) is 0 Å². The highest BCUT2D eigenvalue weighted by Crippen LogP contribution is 2.33. The van der Waals surface area contributed by atoms with Gasteiger partial charge in [0.25, 0.3) is 0 Å². The van der Waals surface area contributed by atoms with Crippen LogP contribution < -0.4 is 11.1 Å². The third kappa shape index (κ3) is 5.90. The average molecular weight is 464 g/mol. The summed E-state index contributed by atoms with van der Waals surface area (Å²) >= 11 is 3.48. The SMILES string of the molecule is CCCC(CCNc1ccc(N)c(C(=N)c2ccccc2SC)c1)c1ccccc1SC. The van der Waals surface area contributed by atoms with Crippen LogP contribution in [0.25, 0.3) is 0 Å². The van der Waals surface area contributed by atoms with Gasteiger partial charge < -0.3 is 11.1 Å². The lowest BCUT2D eigenvalue weighted by molar-refractivity contribution is 0.575. The van der Waals surface area contributed by atoms with Crippen LogP contribution in [0.2, 0.25) is 0 Å². The van der Waals surface area contributed by atoms with Gasteiger partial charge in [0, 0.05) is 38.8 Å². The monoisotopic (exact) mass is 463 g/mol. The minimum atomic E-state index is 0.467. The molecule has 0 radical (unpaired) electrons. The number of hydrogen-bond acceptors (Lipinski definition) is 5. The van der Waals surface area contributed by atoms with Crippen LogP contribution in [0.15, 0.2) is 76.5 Å². The molecular formula is C27H33N3S2. The van der Waals surface area contributed by atoms with Gasteiger partial charge in [-0.1, -0.05) is 49.7 Å². The molecule has 5 heteroatoms. The summed E-state index contributed by atoms with van der Waals surface area (Å²) < 4.78 is 0. The Bertz CT molecular complexity index is 1050. The number of thioether (sulfide) groups is 2. The van der Waals surface area contributed by atoms with Crippen molar-refractivity contribution < 1.29 is 0 Å². The topological polar surface area (TPSA) is 61.9 Å². The maximum atomic E-state index is 8.79. The quantitative estimate of drug-likeness (QED) is 0.156. The lowest BCUT2D eigenvalue weighted by Crippen LogP contribution is -2.11. The molecule has 3 aromatic carbocycles. The molecule has 32 heavy (non-hydrogen) atoms. The fourth-order valence-electron chi connectivity index (χ4n) is 4.08. The molecule has 4 N–H and O–H groups in total. The predicted molar refractivity (Wildman–Crippen MR) is 144 cm³/mol. The molecule has 0 saturated carbocycles. The van der Waals surface area contributed by atoms with E-state index in [9.17, 15) is 0 Å². The Morgan fingerprint density at radius 2 is 1.59 bits per heavy atom. The van der Waals surface area contributed by atoms with E-state index in [1.807, 2.05) is 60.5 Å². The second kappa shape index (κ2) is 12.0. The standard InChI is InChI=1S/C27H33N3S2/c1-4-9-19(21-10-5-7-12-25(21)31-2)16-17-30-20-14-15-24(28)23(18-20)27(29)22-11-6-8-13-26(22)32-3/h5-8,10-15,18-19,29-30H,4,9,16-17,28H2,1-3H3. The highest BCUT2D eigenvalue weighted by molar-refractivity contribution is 7.98. The molecule has 0 aromatic heterocycles. The van der Waals surface area contributed by atoms with Crippen LogP contribution in [0.5, 0.6) is 0 Å². The van der Waals surface area contributed by atoms with E-state index in [0.29, 0.717) is 17.3 Å². The summed E-state index contributed by atoms with van der Waals surface area (Å²) in [5.41, 5.74) is 11.5. The Labute approximate surface area is 201 Å². The average Bonchev–Trinajstić information content (AvgIpc) is 2.84. The van der Waals surface area contributed by atoms with Gasteiger partial charge in [0.1, 0.15) is 0 Å². The molecule has 168 valence electrons. The Morgan fingerprint density at radius 3 is 2.31 bits per heavy atom. The van der Waals surface area contributed by atoms with Gasteiger partial charge in [-0.3, -0.25) is 5.41 Å². The molecule has 1 atom stereocenters. The zero-order valence-electron chi connectivity index (χ0n) is 19.2. The molecule has 0 aliphatic rings. The molecule has 0 heterocycles. The van der Waals surface area contributed by atoms with Crippen LogP contribution in [0.3, 0.4) is 0 Å². The van der Waals surface area contributed by atoms with Crippen molar-refractivity contribution in [1.29, 1.82) is 5.41 Å². The lowest BCUT2D eigenvalue weighted by atomic mass is 9.91. The number of anilines is 2. The first-order chi connectivity index (χ1) is 15.6. The second-order valence-corrected chi connectivity index (χ2v) is 9.52. The first-order valence-corrected chi connectivity index (χ1v) is 13.5. The smallest absolute Gasteiger partial charge is 0.0717 e. The van der Waals surface area contributed by atoms with E-state index in [1.54, 1.807) is 11.8 Å². The van der Waals surface area contributed by atoms with Crippen molar-refractivity contribution in [2.45, 2.75) is 41.9 Å². The Balaban J connectivity index is 1.73. The van der Waals surface area contributed by atoms with E-state index in [4.69, 9.17) is 11.1 Å². The van der Waals surface area contributed by atoms with Crippen LogP contribution in [0.4, 0.5) is 11.4 Å². The zero-order chi connectivity index (χ0) is 22.9. The minimum Gasteiger partial charge on any atom is -0.398 e. The number of nitrogens with one attached hydrogen (secondary N) is 2. The van der Waals surface area contributed by atoms with Gasteiger partial charge in [-0.15, -0.1) is 23.5 Å². The molecule has 0 aliphatic heterocycles. The van der Waals surface area contributed by atoms with E-state index in [1.165, 1.54) is 23.3 Å². The summed E-state index contributed by atoms with van der Waals surface area (Å²) in [4.78, 5) is 2.46. The van der Waals surface area contributed by atoms with Gasteiger partial charge >= 0.3 is 0 Å². The largest absolute Gasteiger partial charge is 0.398 e. The summed E-state index contributed by atoms with van der Waals surface area (Å²) in [5.74, 6) is 0.538. The van der Waals surface area contributed by atoms with Gasteiger partial charge in [-0.25, -0.2) is 0 Å². The fraction of sp³-hybridized carbons (Fsp3) is 0.296. The van der Waals surface area contributed by atoms with Gasteiger partial charge in [-0.05, 0) is 67.2 Å². The molecule has 0 spiro atoms. The Kier molecular flexibility index (Phi) is 9.12. The molecule has 0 aliphatic carbocycles. The van der Waals surface area contributed by atoms with Crippen LogP contribution in [-0.4, -0.2) is 24.8 Å². The van der Waals surface area contributed by atoms with E-state index >= 15 is 0 Å². The number of rotatable bonds is 11. The summed E-state index contributed by atoms with van der Waals surface area (Å²) in [5, 5.41) is 12.4. The zero-order valence-corrected chi connectivity index (χ0v) is 20.8. The maximum Gasteiger partial charge on any atom is 0.0717 e. The van der Waals surface area contributed by atoms with Crippen molar-refractivity contribution in [3.05, 3.63) is 83.4 Å². The van der Waals surface area contributed by atoms with Crippen molar-refractivity contribution in [3.8, 4) is 0 Å². The van der Waals surface area contributed by atoms with Crippen LogP contribution in [0.1, 0.15) is 48.8 Å². The first kappa shape index (κ1) is 24.3. The van der Waals surface area contributed by atoms with E-state index in [0.717, 1.165) is 34.7 Å². The van der Waals surface area contributed by atoms with Crippen molar-refractivity contribution >= 4 is 40.6 Å². The molecule has 3 aromatic rings. The van der Waals surface area contributed by atoms with Crippen molar-refractivity contribution in [2.75, 3.05) is 30.1 Å². The number of nitrogens with two attached hydrogens (primary N) is 1. The molecule has 0 fully saturated rings. The van der Waals surface area contributed by atoms with Crippen molar-refractivity contribution in [1.82, 2.24) is 0 Å². The lowest BCUT2D eigenvalue weighted by Gasteiger charge is -2.20. The number of hydrogen-bond donors (Lipinski definition) is 3. The number of nitrogen functional groups attached to an aromatic ring is 1. The molecule has 0 bridgehead atoms. The maximum absolute atomic E-state index is 8.79. The molecule has 3 nitrogen and oxygen atoms in total. The predicted octanol–water partition coefficient (Wildman–Crippen LogP) is 7.51. The molecule has 0 saturated heterocycles. The van der Waals surface area contributed by atoms with Crippen molar-refractivity contribution in [2.24, 2.45) is 0 Å². The minimum absolute atomic E-state index is 0.467. The molecular weight excluding hydrogens is 430 g/mol. The Morgan fingerprint density at radius 1 is 0.906 bits per heavy atom. The van der Waals surface area contributed by atoms with E-state index < -0.39 is 0 Å². The van der Waals surface area contributed by atoms with Crippen LogP contribution in [0, 0.1) is 5.41 Å². The van der Waals surface area contributed by atoms with E-state index in [-0.39, 0.29) is 0 Å². The molecule has 3 rings (SSSR count). The van der Waals surface area contributed by atoms with Crippen LogP contribution >= 0.6 is 23.5 Å². The summed E-state index contributed by atoms with van der Waals surface area (Å²) in [6.45, 7) is 3.14. The highest BCUT2D eigenvalue weighted by atomic mass is 32.2. The summed E-state index contributed by atoms with van der Waals surface area (Å²) in [6.07, 6.45) is 7.61. The normalized spacial score (nSPS) is 11.8. The fourth-order valence-corrected chi connectivity index (χ4v) is 5.37. The summed E-state index contributed by atoms with van der Waals surface area (Å²) in [7, 11) is 0. The van der Waals surface area contributed by atoms with E-state index in [2.05, 4.69) is 42.8 Å². The first-order valence-electron chi connectivity index (χ1n) is 11.1. The third-order valence-electron chi connectivity index (χ3n) is 5.74. The van der Waals surface area contributed by atoms with Gasteiger partial charge in [0.2, 0.25) is 0 Å². The molecule has 0 amide bonds. The highest BCUT2D eigenvalue weighted by Gasteiger charge is 2.15. The summed E-state index contributed by atoms with van der Waals surface area (Å²) in [6, 6.07) is 22.7. The van der Waals surface area contributed by atoms with Crippen LogP contribution in [-0.2, 0) is 0 Å². The van der Waals surface area contributed by atoms with Gasteiger partial charge in [0.05, 0.1) is 5.71 Å². The molecule has 1 unspecified atom stereocenters. The third-order valence-corrected chi connectivity index (χ3v) is 7.34. The number of benzene rings is 3. The van der Waals surface area contributed by atoms with Gasteiger partial charge in [-0.2, -0.15) is 0 Å². The second-order valence-electron chi connectivity index (χ2n) is 7.82. The Hall–Kier alpha value is -2.37.